The van der Waals surface area contributed by atoms with Gasteiger partial charge >= 0.3 is 0 Å². The molecule has 0 aromatic heterocycles. The molecule has 5 aliphatic carbocycles. The van der Waals surface area contributed by atoms with Crippen LogP contribution >= 0.6 is 0 Å². The molecule has 37 heavy (non-hydrogen) atoms. The lowest BCUT2D eigenvalue weighted by atomic mass is 9.41. The second-order valence-corrected chi connectivity index (χ2v) is 15.8. The van der Waals surface area contributed by atoms with Gasteiger partial charge in [0.1, 0.15) is 0 Å². The van der Waals surface area contributed by atoms with Gasteiger partial charge < -0.3 is 24.1 Å². The highest BCUT2D eigenvalue weighted by atomic mass is 16.6. The Bertz CT molecular complexity index is 917. The predicted molar refractivity (Wildman–Crippen MR) is 144 cm³/mol. The second kappa shape index (κ2) is 8.18. The molecular formula is C32H54O5. The van der Waals surface area contributed by atoms with E-state index in [1.165, 1.54) is 25.7 Å². The molecule has 5 heteroatoms. The van der Waals surface area contributed by atoms with Crippen molar-refractivity contribution in [3.63, 3.8) is 0 Å². The molecule has 0 radical (unpaired) electrons. The monoisotopic (exact) mass is 518 g/mol. The molecular weight excluding hydrogens is 464 g/mol. The second-order valence-electron chi connectivity index (χ2n) is 15.8. The van der Waals surface area contributed by atoms with Crippen molar-refractivity contribution in [3.05, 3.63) is 0 Å². The summed E-state index contributed by atoms with van der Waals surface area (Å²) in [5.74, 6) is 1.50. The molecule has 3 unspecified atom stereocenters. The molecule has 1 N–H and O–H groups in total. The lowest BCUT2D eigenvalue weighted by molar-refractivity contribution is -0.208. The van der Waals surface area contributed by atoms with Crippen LogP contribution in [0.4, 0.5) is 0 Å². The van der Waals surface area contributed by atoms with E-state index >= 15 is 0 Å². The van der Waals surface area contributed by atoms with E-state index in [2.05, 4.69) is 41.5 Å². The van der Waals surface area contributed by atoms with Gasteiger partial charge in [0.25, 0.3) is 0 Å². The molecule has 0 amide bonds. The third-order valence-corrected chi connectivity index (χ3v) is 14.4. The third kappa shape index (κ3) is 3.16. The van der Waals surface area contributed by atoms with Crippen LogP contribution in [0.15, 0.2) is 0 Å². The summed E-state index contributed by atoms with van der Waals surface area (Å²) in [6.07, 6.45) is 11.0. The minimum atomic E-state index is -0.264. The van der Waals surface area contributed by atoms with Gasteiger partial charge in [-0.1, -0.05) is 27.7 Å². The fourth-order valence-electron chi connectivity index (χ4n) is 12.1. The third-order valence-electron chi connectivity index (χ3n) is 14.4. The molecule has 1 saturated heterocycles. The number of fused-ring (bicyclic) bond motifs is 2. The fourth-order valence-corrected chi connectivity index (χ4v) is 12.1. The van der Waals surface area contributed by atoms with Gasteiger partial charge in [-0.3, -0.25) is 0 Å². The molecule has 5 nitrogen and oxygen atoms in total. The van der Waals surface area contributed by atoms with Gasteiger partial charge in [0, 0.05) is 27.2 Å². The molecule has 0 aromatic rings. The standard InChI is InChI=1S/C32H54O5/c1-27(2)23(33)12-13-32-18-31(32)15-14-29(5)25(19-10-11-24(37-19)28(3,4)36-9)21(35-8)17-30(29,6)22(31)16-20(34-7)26(27)32/h19-26,33H,10-18H2,1-9H3/t19?,20-,21-,22?,23-,24-,25-,26-,29+,30-,31?,32+/m0/s1. The maximum absolute atomic E-state index is 11.1. The SMILES string of the molecule is CO[C@H]1CC2C3(CC[C@]4(C)[C@@H](C5CC[C@@H](C(C)(C)OC)O5)[C@@H](OC)C[C@@]24C)C[C@@]32CC[C@H](O)C(C)(C)[C@H]12. The fraction of sp³-hybridized carbons (Fsp3) is 1.00. The first-order valence-electron chi connectivity index (χ1n) is 15.2. The van der Waals surface area contributed by atoms with Gasteiger partial charge in [-0.05, 0) is 111 Å². The van der Waals surface area contributed by atoms with Gasteiger partial charge in [-0.25, -0.2) is 0 Å². The highest BCUT2D eigenvalue weighted by molar-refractivity contribution is 5.32. The van der Waals surface area contributed by atoms with Gasteiger partial charge in [-0.2, -0.15) is 0 Å². The van der Waals surface area contributed by atoms with Crippen LogP contribution in [-0.4, -0.2) is 62.6 Å². The lowest BCUT2D eigenvalue weighted by Gasteiger charge is -2.64. The number of hydrogen-bond acceptors (Lipinski definition) is 5. The molecule has 6 rings (SSSR count). The summed E-state index contributed by atoms with van der Waals surface area (Å²) in [7, 11) is 5.67. The van der Waals surface area contributed by atoms with Crippen LogP contribution < -0.4 is 0 Å². The van der Waals surface area contributed by atoms with E-state index in [4.69, 9.17) is 18.9 Å². The normalized spacial score (nSPS) is 56.3. The van der Waals surface area contributed by atoms with Gasteiger partial charge in [0.05, 0.1) is 36.1 Å². The zero-order valence-electron chi connectivity index (χ0n) is 25.1. The maximum Gasteiger partial charge on any atom is 0.0883 e. The number of ether oxygens (including phenoxy) is 4. The first-order chi connectivity index (χ1) is 17.3. The zero-order chi connectivity index (χ0) is 26.8. The van der Waals surface area contributed by atoms with Crippen LogP contribution in [0.25, 0.3) is 0 Å². The summed E-state index contributed by atoms with van der Waals surface area (Å²) < 4.78 is 25.4. The van der Waals surface area contributed by atoms with E-state index in [9.17, 15) is 5.11 Å². The van der Waals surface area contributed by atoms with E-state index in [0.29, 0.717) is 28.6 Å². The predicted octanol–water partition coefficient (Wildman–Crippen LogP) is 6.01. The average molecular weight is 519 g/mol. The van der Waals surface area contributed by atoms with Gasteiger partial charge in [0.15, 0.2) is 0 Å². The van der Waals surface area contributed by atoms with Crippen LogP contribution in [0, 0.1) is 44.8 Å². The Morgan fingerprint density at radius 3 is 2.19 bits per heavy atom. The van der Waals surface area contributed by atoms with E-state index < -0.39 is 0 Å². The van der Waals surface area contributed by atoms with Crippen molar-refractivity contribution in [2.45, 2.75) is 135 Å². The molecule has 1 aliphatic heterocycles. The summed E-state index contributed by atoms with van der Waals surface area (Å²) in [6.45, 7) is 14.2. The highest BCUT2D eigenvalue weighted by Crippen LogP contribution is 2.89. The van der Waals surface area contributed by atoms with Gasteiger partial charge in [0.2, 0.25) is 0 Å². The minimum Gasteiger partial charge on any atom is -0.393 e. The molecule has 6 aliphatic rings. The Hall–Kier alpha value is -0.200. The van der Waals surface area contributed by atoms with Crippen LogP contribution in [0.2, 0.25) is 0 Å². The van der Waals surface area contributed by atoms with Crippen molar-refractivity contribution >= 4 is 0 Å². The average Bonchev–Trinajstić information content (AvgIpc) is 3.11. The molecule has 0 bridgehead atoms. The Morgan fingerprint density at radius 1 is 0.838 bits per heavy atom. The van der Waals surface area contributed by atoms with E-state index in [0.717, 1.165) is 32.1 Å². The molecule has 5 saturated carbocycles. The Labute approximate surface area is 225 Å². The van der Waals surface area contributed by atoms with Crippen molar-refractivity contribution in [1.82, 2.24) is 0 Å². The van der Waals surface area contributed by atoms with E-state index in [1.807, 2.05) is 21.3 Å². The molecule has 2 spiro atoms. The van der Waals surface area contributed by atoms with Crippen molar-refractivity contribution in [1.29, 1.82) is 0 Å². The first-order valence-corrected chi connectivity index (χ1v) is 15.2. The Balaban J connectivity index is 1.36. The summed E-state index contributed by atoms with van der Waals surface area (Å²) in [5, 5.41) is 11.1. The molecule has 1 heterocycles. The topological polar surface area (TPSA) is 57.2 Å². The number of aliphatic hydroxyl groups is 1. The quantitative estimate of drug-likeness (QED) is 0.483. The van der Waals surface area contributed by atoms with Crippen molar-refractivity contribution in [3.8, 4) is 0 Å². The van der Waals surface area contributed by atoms with E-state index in [1.54, 1.807) is 0 Å². The minimum absolute atomic E-state index is 0.0941. The first kappa shape index (κ1) is 27.0. The van der Waals surface area contributed by atoms with E-state index in [-0.39, 0.29) is 52.4 Å². The number of hydrogen-bond donors (Lipinski definition) is 1. The van der Waals surface area contributed by atoms with Crippen LogP contribution in [0.3, 0.4) is 0 Å². The molecule has 0 aromatic carbocycles. The molecule has 12 atom stereocenters. The van der Waals surface area contributed by atoms with Crippen LogP contribution in [0.1, 0.15) is 99.3 Å². The largest absolute Gasteiger partial charge is 0.393 e. The Kier molecular flexibility index (Phi) is 5.97. The van der Waals surface area contributed by atoms with Crippen LogP contribution in [0.5, 0.6) is 0 Å². The smallest absolute Gasteiger partial charge is 0.0883 e. The molecule has 212 valence electrons. The van der Waals surface area contributed by atoms with Crippen molar-refractivity contribution in [2.75, 3.05) is 21.3 Å². The number of aliphatic hydroxyl groups excluding tert-OH is 1. The summed E-state index contributed by atoms with van der Waals surface area (Å²) in [5.41, 5.74) is 0.756. The maximum atomic E-state index is 11.1. The number of methoxy groups -OCH3 is 3. The summed E-state index contributed by atoms with van der Waals surface area (Å²) in [4.78, 5) is 0. The van der Waals surface area contributed by atoms with Crippen LogP contribution in [-0.2, 0) is 18.9 Å². The Morgan fingerprint density at radius 2 is 1.54 bits per heavy atom. The highest BCUT2D eigenvalue weighted by Gasteiger charge is 2.84. The summed E-state index contributed by atoms with van der Waals surface area (Å²) >= 11 is 0. The molecule has 6 fully saturated rings. The van der Waals surface area contributed by atoms with Crippen molar-refractivity contribution in [2.24, 2.45) is 44.8 Å². The van der Waals surface area contributed by atoms with Gasteiger partial charge in [-0.15, -0.1) is 0 Å². The van der Waals surface area contributed by atoms with Crippen molar-refractivity contribution < 1.29 is 24.1 Å². The number of rotatable bonds is 5. The summed E-state index contributed by atoms with van der Waals surface area (Å²) in [6, 6.07) is 0. The zero-order valence-corrected chi connectivity index (χ0v) is 25.1. The lowest BCUT2D eigenvalue weighted by Crippen LogP contribution is -2.62.